The predicted octanol–water partition coefficient (Wildman–Crippen LogP) is 3.66. The molecule has 0 saturated heterocycles. The average molecular weight is 394 g/mol. The summed E-state index contributed by atoms with van der Waals surface area (Å²) in [5.41, 5.74) is 1.79. The number of nitrogens with zero attached hydrogens (tertiary/aromatic N) is 2. The predicted molar refractivity (Wildman–Crippen MR) is 105 cm³/mol. The van der Waals surface area contributed by atoms with E-state index in [1.165, 1.54) is 11.8 Å². The molecule has 5 nitrogen and oxygen atoms in total. The molecule has 0 radical (unpaired) electrons. The molecule has 0 saturated carbocycles. The molecule has 0 aliphatic carbocycles. The molecule has 0 atom stereocenters. The van der Waals surface area contributed by atoms with Crippen molar-refractivity contribution >= 4 is 40.8 Å². The Morgan fingerprint density at radius 3 is 2.58 bits per heavy atom. The fourth-order valence-electron chi connectivity index (χ4n) is 2.33. The molecule has 26 heavy (non-hydrogen) atoms. The number of nitrogens with one attached hydrogen (secondary N) is 1. The molecule has 2 aromatic rings. The molecular weight excluding hydrogens is 373 g/mol. The monoisotopic (exact) mass is 393 g/mol. The number of aryl methyl sites for hydroxylation is 1. The minimum atomic E-state index is -0.0785. The van der Waals surface area contributed by atoms with Gasteiger partial charge in [-0.1, -0.05) is 35.3 Å². The molecule has 1 aromatic carbocycles. The zero-order valence-electron chi connectivity index (χ0n) is 14.8. The number of pyridine rings is 1. The van der Waals surface area contributed by atoms with Crippen LogP contribution in [0.15, 0.2) is 36.4 Å². The summed E-state index contributed by atoms with van der Waals surface area (Å²) in [6.07, 6.45) is 1.57. The number of rotatable bonds is 7. The van der Waals surface area contributed by atoms with Crippen LogP contribution in [-0.4, -0.2) is 30.4 Å². The Balaban J connectivity index is 1.78. The highest BCUT2D eigenvalue weighted by atomic mass is 35.5. The molecule has 0 aliphatic heterocycles. The highest BCUT2D eigenvalue weighted by Crippen LogP contribution is 2.23. The van der Waals surface area contributed by atoms with Gasteiger partial charge in [-0.3, -0.25) is 9.59 Å². The van der Waals surface area contributed by atoms with Crippen molar-refractivity contribution in [2.24, 2.45) is 0 Å². The largest absolute Gasteiger partial charge is 0.356 e. The zero-order valence-corrected chi connectivity index (χ0v) is 16.3. The molecular formula is C19H21Cl2N3O2. The highest BCUT2D eigenvalue weighted by Gasteiger charge is 2.08. The molecule has 0 bridgehead atoms. The van der Waals surface area contributed by atoms with Crippen LogP contribution in [0, 0.1) is 0 Å². The molecule has 1 aromatic heterocycles. The third kappa shape index (κ3) is 6.00. The van der Waals surface area contributed by atoms with Crippen molar-refractivity contribution in [3.05, 3.63) is 57.7 Å². The van der Waals surface area contributed by atoms with Gasteiger partial charge in [-0.2, -0.15) is 0 Å². The van der Waals surface area contributed by atoms with E-state index in [9.17, 15) is 9.59 Å². The van der Waals surface area contributed by atoms with E-state index < -0.39 is 0 Å². The van der Waals surface area contributed by atoms with Crippen LogP contribution < -0.4 is 10.2 Å². The van der Waals surface area contributed by atoms with E-state index in [0.29, 0.717) is 41.7 Å². The van der Waals surface area contributed by atoms with Crippen LogP contribution in [0.1, 0.15) is 24.6 Å². The molecule has 0 fully saturated rings. The van der Waals surface area contributed by atoms with Crippen molar-refractivity contribution in [2.45, 2.75) is 26.2 Å². The Bertz CT molecular complexity index is 796. The first-order chi connectivity index (χ1) is 12.4. The van der Waals surface area contributed by atoms with Gasteiger partial charge in [-0.05, 0) is 36.2 Å². The maximum atomic E-state index is 12.0. The first-order valence-electron chi connectivity index (χ1n) is 8.27. The lowest BCUT2D eigenvalue weighted by Crippen LogP contribution is -2.27. The van der Waals surface area contributed by atoms with Gasteiger partial charge in [0.2, 0.25) is 11.8 Å². The Labute approximate surface area is 163 Å². The minimum Gasteiger partial charge on any atom is -0.356 e. The summed E-state index contributed by atoms with van der Waals surface area (Å²) in [4.78, 5) is 29.3. The second kappa shape index (κ2) is 9.55. The van der Waals surface area contributed by atoms with E-state index in [4.69, 9.17) is 23.2 Å². The summed E-state index contributed by atoms with van der Waals surface area (Å²) in [6.45, 7) is 1.98. The summed E-state index contributed by atoms with van der Waals surface area (Å²) in [6, 6.07) is 10.9. The molecule has 2 amide bonds. The lowest BCUT2D eigenvalue weighted by Gasteiger charge is -2.14. The SMILES string of the molecule is CC(=O)N(C)c1cccc(CCNC(=O)CCc2ccc(Cl)c(Cl)c2)n1. The third-order valence-corrected chi connectivity index (χ3v) is 4.68. The number of aromatic nitrogens is 1. The zero-order chi connectivity index (χ0) is 19.1. The first-order valence-corrected chi connectivity index (χ1v) is 9.03. The summed E-state index contributed by atoms with van der Waals surface area (Å²) in [5, 5.41) is 3.88. The van der Waals surface area contributed by atoms with Crippen LogP contribution in [0.25, 0.3) is 0 Å². The van der Waals surface area contributed by atoms with Crippen LogP contribution in [0.2, 0.25) is 10.0 Å². The second-order valence-electron chi connectivity index (χ2n) is 5.91. The van der Waals surface area contributed by atoms with Gasteiger partial charge in [0, 0.05) is 39.1 Å². The summed E-state index contributed by atoms with van der Waals surface area (Å²) >= 11 is 11.9. The third-order valence-electron chi connectivity index (χ3n) is 3.94. The lowest BCUT2D eigenvalue weighted by molar-refractivity contribution is -0.121. The van der Waals surface area contributed by atoms with E-state index >= 15 is 0 Å². The van der Waals surface area contributed by atoms with Gasteiger partial charge in [0.15, 0.2) is 0 Å². The number of anilines is 1. The van der Waals surface area contributed by atoms with E-state index in [-0.39, 0.29) is 11.8 Å². The number of hydrogen-bond acceptors (Lipinski definition) is 3. The number of halogens is 2. The van der Waals surface area contributed by atoms with E-state index in [1.54, 1.807) is 25.2 Å². The molecule has 2 rings (SSSR count). The minimum absolute atomic E-state index is 0.0342. The van der Waals surface area contributed by atoms with E-state index in [2.05, 4.69) is 10.3 Å². The van der Waals surface area contributed by atoms with Crippen LogP contribution >= 0.6 is 23.2 Å². The first kappa shape index (κ1) is 20.2. The second-order valence-corrected chi connectivity index (χ2v) is 6.73. The molecule has 0 unspecified atom stereocenters. The van der Waals surface area contributed by atoms with Gasteiger partial charge in [-0.15, -0.1) is 0 Å². The van der Waals surface area contributed by atoms with Crippen molar-refractivity contribution < 1.29 is 9.59 Å². The van der Waals surface area contributed by atoms with Crippen molar-refractivity contribution in [2.75, 3.05) is 18.5 Å². The molecule has 1 heterocycles. The Hall–Kier alpha value is -2.11. The van der Waals surface area contributed by atoms with Gasteiger partial charge >= 0.3 is 0 Å². The van der Waals surface area contributed by atoms with Gasteiger partial charge in [0.05, 0.1) is 10.0 Å². The van der Waals surface area contributed by atoms with Crippen LogP contribution in [0.4, 0.5) is 5.82 Å². The van der Waals surface area contributed by atoms with Crippen molar-refractivity contribution in [3.8, 4) is 0 Å². The topological polar surface area (TPSA) is 62.3 Å². The van der Waals surface area contributed by atoms with Crippen LogP contribution in [0.5, 0.6) is 0 Å². The lowest BCUT2D eigenvalue weighted by atomic mass is 10.1. The number of carbonyl (C=O) groups is 2. The van der Waals surface area contributed by atoms with E-state index in [1.807, 2.05) is 18.2 Å². The normalized spacial score (nSPS) is 10.5. The van der Waals surface area contributed by atoms with Crippen LogP contribution in [-0.2, 0) is 22.4 Å². The fourth-order valence-corrected chi connectivity index (χ4v) is 2.65. The average Bonchev–Trinajstić information content (AvgIpc) is 2.62. The quantitative estimate of drug-likeness (QED) is 0.780. The molecule has 138 valence electrons. The Kier molecular flexibility index (Phi) is 7.42. The number of amides is 2. The van der Waals surface area contributed by atoms with Gasteiger partial charge in [0.25, 0.3) is 0 Å². The number of hydrogen-bond donors (Lipinski definition) is 1. The Morgan fingerprint density at radius 1 is 1.12 bits per heavy atom. The molecule has 1 N–H and O–H groups in total. The summed E-state index contributed by atoms with van der Waals surface area (Å²) in [7, 11) is 1.68. The van der Waals surface area contributed by atoms with Crippen molar-refractivity contribution in [3.63, 3.8) is 0 Å². The smallest absolute Gasteiger partial charge is 0.224 e. The summed E-state index contributed by atoms with van der Waals surface area (Å²) < 4.78 is 0. The maximum Gasteiger partial charge on any atom is 0.224 e. The molecule has 0 spiro atoms. The van der Waals surface area contributed by atoms with Gasteiger partial charge in [-0.25, -0.2) is 4.98 Å². The van der Waals surface area contributed by atoms with Crippen molar-refractivity contribution in [1.82, 2.24) is 10.3 Å². The number of carbonyl (C=O) groups excluding carboxylic acids is 2. The van der Waals surface area contributed by atoms with Crippen molar-refractivity contribution in [1.29, 1.82) is 0 Å². The highest BCUT2D eigenvalue weighted by molar-refractivity contribution is 6.42. The maximum absolute atomic E-state index is 12.0. The van der Waals surface area contributed by atoms with Crippen LogP contribution in [0.3, 0.4) is 0 Å². The summed E-state index contributed by atoms with van der Waals surface area (Å²) in [5.74, 6) is 0.485. The standard InChI is InChI=1S/C19H21Cl2N3O2/c1-13(25)24(2)18-5-3-4-15(23-18)10-11-22-19(26)9-7-14-6-8-16(20)17(21)12-14/h3-6,8,12H,7,9-11H2,1-2H3,(H,22,26). The van der Waals surface area contributed by atoms with E-state index in [0.717, 1.165) is 11.3 Å². The molecule has 7 heteroatoms. The number of benzene rings is 1. The molecule has 0 aliphatic rings. The fraction of sp³-hybridized carbons (Fsp3) is 0.316. The Morgan fingerprint density at radius 2 is 1.88 bits per heavy atom. The van der Waals surface area contributed by atoms with Gasteiger partial charge in [0.1, 0.15) is 5.82 Å². The van der Waals surface area contributed by atoms with Gasteiger partial charge < -0.3 is 10.2 Å².